The number of β-amino-alcohol motifs (C(OH)–C–C–N with tert-alkyl or cyclic N) is 1. The van der Waals surface area contributed by atoms with Gasteiger partial charge in [0.15, 0.2) is 0 Å². The van der Waals surface area contributed by atoms with E-state index in [1.54, 1.807) is 18.9 Å². The Morgan fingerprint density at radius 1 is 1.33 bits per heavy atom. The zero-order chi connectivity index (χ0) is 17.3. The van der Waals surface area contributed by atoms with E-state index in [1.807, 2.05) is 24.3 Å². The number of methoxy groups -OCH3 is 1. The summed E-state index contributed by atoms with van der Waals surface area (Å²) in [6.07, 6.45) is -0.102. The highest BCUT2D eigenvalue weighted by molar-refractivity contribution is 5.95. The van der Waals surface area contributed by atoms with Gasteiger partial charge in [0.25, 0.3) is 5.91 Å². The van der Waals surface area contributed by atoms with Gasteiger partial charge in [-0.25, -0.2) is 0 Å². The van der Waals surface area contributed by atoms with Crippen LogP contribution in [-0.4, -0.2) is 40.7 Å². The van der Waals surface area contributed by atoms with Crippen molar-refractivity contribution in [1.82, 2.24) is 9.88 Å². The van der Waals surface area contributed by atoms with Gasteiger partial charge in [0.2, 0.25) is 5.56 Å². The molecular weight excluding hydrogens is 308 g/mol. The lowest BCUT2D eigenvalue weighted by Gasteiger charge is -2.25. The zero-order valence-electron chi connectivity index (χ0n) is 13.7. The van der Waals surface area contributed by atoms with Crippen LogP contribution in [0.4, 0.5) is 0 Å². The molecule has 1 aromatic carbocycles. The Morgan fingerprint density at radius 3 is 2.83 bits per heavy atom. The molecular formula is C18H20N2O4. The second kappa shape index (κ2) is 6.49. The molecule has 0 spiro atoms. The number of H-pyrrole nitrogens is 1. The van der Waals surface area contributed by atoms with E-state index in [1.165, 1.54) is 12.1 Å². The first-order valence-corrected chi connectivity index (χ1v) is 7.82. The van der Waals surface area contributed by atoms with Crippen molar-refractivity contribution in [1.29, 1.82) is 0 Å². The Kier molecular flexibility index (Phi) is 4.40. The number of carbonyl (C=O) groups excluding carboxylic acids is 1. The van der Waals surface area contributed by atoms with Crippen molar-refractivity contribution >= 4 is 5.91 Å². The second-order valence-corrected chi connectivity index (χ2v) is 6.00. The number of hydrogen-bond acceptors (Lipinski definition) is 4. The van der Waals surface area contributed by atoms with Gasteiger partial charge in [-0.2, -0.15) is 0 Å². The molecule has 0 saturated carbocycles. The van der Waals surface area contributed by atoms with Gasteiger partial charge in [-0.1, -0.05) is 12.1 Å². The standard InChI is InChI=1S/C18H20N2O4/c1-11-15(6-7-17(22)19-11)18(23)20-10-13(21)9-16(20)12-4-3-5-14(8-12)24-2/h3-8,13,16,21H,9-10H2,1-2H3,(H,19,22)/t13-,16+/m1/s1. The quantitative estimate of drug-likeness (QED) is 0.897. The number of nitrogens with zero attached hydrogens (tertiary/aromatic N) is 1. The number of aromatic nitrogens is 1. The van der Waals surface area contributed by atoms with Gasteiger partial charge < -0.3 is 19.7 Å². The van der Waals surface area contributed by atoms with Crippen molar-refractivity contribution < 1.29 is 14.6 Å². The number of aliphatic hydroxyl groups is 1. The van der Waals surface area contributed by atoms with E-state index in [4.69, 9.17) is 4.74 Å². The number of aliphatic hydroxyl groups excluding tert-OH is 1. The summed E-state index contributed by atoms with van der Waals surface area (Å²) in [5.74, 6) is 0.509. The van der Waals surface area contributed by atoms with Crippen LogP contribution in [0.2, 0.25) is 0 Å². The van der Waals surface area contributed by atoms with Gasteiger partial charge in [0, 0.05) is 18.3 Å². The molecule has 0 unspecified atom stereocenters. The molecule has 2 heterocycles. The van der Waals surface area contributed by atoms with E-state index < -0.39 is 6.10 Å². The summed E-state index contributed by atoms with van der Waals surface area (Å²) in [6.45, 7) is 1.96. The first-order valence-electron chi connectivity index (χ1n) is 7.82. The van der Waals surface area contributed by atoms with Crippen LogP contribution in [0, 0.1) is 6.92 Å². The fraction of sp³-hybridized carbons (Fsp3) is 0.333. The van der Waals surface area contributed by atoms with Crippen LogP contribution in [0.15, 0.2) is 41.2 Å². The molecule has 126 valence electrons. The minimum Gasteiger partial charge on any atom is -0.497 e. The van der Waals surface area contributed by atoms with Crippen molar-refractivity contribution in [3.05, 3.63) is 63.6 Å². The number of aryl methyl sites for hydroxylation is 1. The number of pyridine rings is 1. The monoisotopic (exact) mass is 328 g/mol. The van der Waals surface area contributed by atoms with Crippen molar-refractivity contribution in [3.63, 3.8) is 0 Å². The maximum Gasteiger partial charge on any atom is 0.256 e. The fourth-order valence-corrected chi connectivity index (χ4v) is 3.17. The van der Waals surface area contributed by atoms with Gasteiger partial charge in [-0.3, -0.25) is 9.59 Å². The Balaban J connectivity index is 1.95. The highest BCUT2D eigenvalue weighted by Crippen LogP contribution is 2.34. The normalized spacial score (nSPS) is 20.2. The van der Waals surface area contributed by atoms with E-state index in [-0.39, 0.29) is 24.1 Å². The number of rotatable bonds is 3. The summed E-state index contributed by atoms with van der Waals surface area (Å²) in [6, 6.07) is 10.2. The van der Waals surface area contributed by atoms with Gasteiger partial charge in [0.1, 0.15) is 5.75 Å². The molecule has 2 atom stereocenters. The number of amides is 1. The Hall–Kier alpha value is -2.60. The van der Waals surface area contributed by atoms with Gasteiger partial charge >= 0.3 is 0 Å². The summed E-state index contributed by atoms with van der Waals surface area (Å²) in [7, 11) is 1.59. The SMILES string of the molecule is COc1cccc([C@@H]2C[C@@H](O)CN2C(=O)c2ccc(=O)[nH]c2C)c1. The summed E-state index contributed by atoms with van der Waals surface area (Å²) in [5, 5.41) is 10.1. The van der Waals surface area contributed by atoms with Gasteiger partial charge in [-0.15, -0.1) is 0 Å². The van der Waals surface area contributed by atoms with Gasteiger partial charge in [0.05, 0.1) is 24.8 Å². The van der Waals surface area contributed by atoms with Crippen LogP contribution < -0.4 is 10.3 Å². The average molecular weight is 328 g/mol. The largest absolute Gasteiger partial charge is 0.497 e. The predicted molar refractivity (Wildman–Crippen MR) is 89.2 cm³/mol. The van der Waals surface area contributed by atoms with Gasteiger partial charge in [-0.05, 0) is 37.1 Å². The summed E-state index contributed by atoms with van der Waals surface area (Å²) < 4.78 is 5.25. The highest BCUT2D eigenvalue weighted by Gasteiger charge is 2.36. The first-order chi connectivity index (χ1) is 11.5. The van der Waals surface area contributed by atoms with Crippen molar-refractivity contribution in [2.75, 3.05) is 13.7 Å². The second-order valence-electron chi connectivity index (χ2n) is 6.00. The summed E-state index contributed by atoms with van der Waals surface area (Å²) in [5.41, 5.74) is 1.64. The van der Waals surface area contributed by atoms with Crippen LogP contribution in [0.3, 0.4) is 0 Å². The fourth-order valence-electron chi connectivity index (χ4n) is 3.17. The van der Waals surface area contributed by atoms with E-state index in [0.29, 0.717) is 23.4 Å². The molecule has 1 aromatic heterocycles. The molecule has 24 heavy (non-hydrogen) atoms. The zero-order valence-corrected chi connectivity index (χ0v) is 13.7. The molecule has 1 aliphatic heterocycles. The molecule has 6 nitrogen and oxygen atoms in total. The maximum atomic E-state index is 12.9. The summed E-state index contributed by atoms with van der Waals surface area (Å²) in [4.78, 5) is 28.6. The number of hydrogen-bond donors (Lipinski definition) is 2. The molecule has 0 bridgehead atoms. The van der Waals surface area contributed by atoms with Crippen molar-refractivity contribution in [2.24, 2.45) is 0 Å². The number of benzene rings is 1. The van der Waals surface area contributed by atoms with Crippen molar-refractivity contribution in [2.45, 2.75) is 25.5 Å². The number of likely N-dealkylation sites (tertiary alicyclic amines) is 1. The minimum absolute atomic E-state index is 0.201. The van der Waals surface area contributed by atoms with E-state index in [2.05, 4.69) is 4.98 Å². The smallest absolute Gasteiger partial charge is 0.256 e. The lowest BCUT2D eigenvalue weighted by atomic mass is 10.0. The van der Waals surface area contributed by atoms with E-state index in [0.717, 1.165) is 5.56 Å². The molecule has 3 rings (SSSR count). The van der Waals surface area contributed by atoms with E-state index in [9.17, 15) is 14.7 Å². The Bertz CT molecular complexity index is 815. The molecule has 0 aliphatic carbocycles. The van der Waals surface area contributed by atoms with Crippen LogP contribution in [0.5, 0.6) is 5.75 Å². The number of aromatic amines is 1. The Morgan fingerprint density at radius 2 is 2.12 bits per heavy atom. The lowest BCUT2D eigenvalue weighted by Crippen LogP contribution is -2.33. The molecule has 1 amide bonds. The number of ether oxygens (including phenoxy) is 1. The van der Waals surface area contributed by atoms with Crippen LogP contribution in [-0.2, 0) is 0 Å². The Labute approximate surface area is 139 Å². The van der Waals surface area contributed by atoms with Crippen LogP contribution in [0.25, 0.3) is 0 Å². The first kappa shape index (κ1) is 16.3. The van der Waals surface area contributed by atoms with Crippen LogP contribution >= 0.6 is 0 Å². The molecule has 6 heteroatoms. The predicted octanol–water partition coefficient (Wildman–Crippen LogP) is 1.64. The molecule has 0 radical (unpaired) electrons. The molecule has 2 N–H and O–H groups in total. The summed E-state index contributed by atoms with van der Waals surface area (Å²) >= 11 is 0. The third-order valence-corrected chi connectivity index (χ3v) is 4.36. The lowest BCUT2D eigenvalue weighted by molar-refractivity contribution is 0.0714. The number of carbonyl (C=O) groups is 1. The molecule has 2 aromatic rings. The van der Waals surface area contributed by atoms with Crippen molar-refractivity contribution in [3.8, 4) is 5.75 Å². The minimum atomic E-state index is -0.576. The molecule has 1 saturated heterocycles. The highest BCUT2D eigenvalue weighted by atomic mass is 16.5. The topological polar surface area (TPSA) is 82.6 Å². The third kappa shape index (κ3) is 3.05. The molecule has 1 aliphatic rings. The number of nitrogens with one attached hydrogen (secondary N) is 1. The maximum absolute atomic E-state index is 12.9. The van der Waals surface area contributed by atoms with E-state index >= 15 is 0 Å². The third-order valence-electron chi connectivity index (χ3n) is 4.36. The van der Waals surface area contributed by atoms with Crippen LogP contribution in [0.1, 0.15) is 34.1 Å². The molecule has 1 fully saturated rings. The average Bonchev–Trinajstić information content (AvgIpc) is 2.96.